The smallest absolute Gasteiger partial charge is 0.356 e. The molecule has 5 nitrogen and oxygen atoms in total. The molecule has 0 spiro atoms. The van der Waals surface area contributed by atoms with Crippen LogP contribution in [-0.2, 0) is 11.2 Å². The number of rotatable bonds is 9. The number of halogens is 7. The second kappa shape index (κ2) is 9.96. The summed E-state index contributed by atoms with van der Waals surface area (Å²) in [6.07, 6.45) is -6.00. The fourth-order valence-electron chi connectivity index (χ4n) is 3.23. The number of ether oxygens (including phenoxy) is 1. The summed E-state index contributed by atoms with van der Waals surface area (Å²) in [5.41, 5.74) is 0.482. The van der Waals surface area contributed by atoms with Gasteiger partial charge in [-0.25, -0.2) is 26.9 Å². The summed E-state index contributed by atoms with van der Waals surface area (Å²) < 4.78 is 98.3. The first kappa shape index (κ1) is 26.0. The Morgan fingerprint density at radius 2 is 1.82 bits per heavy atom. The number of carbonyl (C=O) groups is 1. The zero-order valence-electron chi connectivity index (χ0n) is 18.0. The molecular formula is C21H20F7N3O2S. The Hall–Kier alpha value is -2.57. The molecule has 0 fully saturated rings. The molecule has 0 aliphatic carbocycles. The molecule has 1 atom stereocenters. The lowest BCUT2D eigenvalue weighted by Crippen LogP contribution is -2.53. The quantitative estimate of drug-likeness (QED) is 0.243. The number of alkyl halides is 7. The molecule has 0 saturated heterocycles. The Labute approximate surface area is 194 Å². The number of fused-ring (bicyclic) bond motifs is 1. The van der Waals surface area contributed by atoms with E-state index in [9.17, 15) is 35.5 Å². The van der Waals surface area contributed by atoms with Crippen LogP contribution >= 0.6 is 11.8 Å². The first-order valence-corrected chi connectivity index (χ1v) is 11.1. The van der Waals surface area contributed by atoms with Crippen molar-refractivity contribution in [1.29, 1.82) is 0 Å². The molecule has 0 radical (unpaired) electrons. The molecule has 1 unspecified atom stereocenters. The molecule has 0 saturated carbocycles. The van der Waals surface area contributed by atoms with Crippen molar-refractivity contribution >= 4 is 23.4 Å². The maximum Gasteiger partial charge on any atom is 0.356 e. The van der Waals surface area contributed by atoms with Crippen LogP contribution in [0, 0.1) is 0 Å². The van der Waals surface area contributed by atoms with Gasteiger partial charge in [-0.3, -0.25) is 14.7 Å². The van der Waals surface area contributed by atoms with E-state index in [1.165, 1.54) is 30.1 Å². The number of aryl methyl sites for hydroxylation is 1. The Balaban J connectivity index is 1.97. The number of anilines is 1. The van der Waals surface area contributed by atoms with Gasteiger partial charge in [0, 0.05) is 18.2 Å². The number of pyridine rings is 2. The molecule has 2 aromatic heterocycles. The zero-order valence-corrected chi connectivity index (χ0v) is 18.8. The summed E-state index contributed by atoms with van der Waals surface area (Å²) in [6.45, 7) is 1.70. The normalized spacial score (nSPS) is 15.5. The molecule has 3 heterocycles. The summed E-state index contributed by atoms with van der Waals surface area (Å²) in [5.74, 6) is -8.49. The van der Waals surface area contributed by atoms with Gasteiger partial charge in [0.15, 0.2) is 6.61 Å². The Morgan fingerprint density at radius 3 is 2.44 bits per heavy atom. The average molecular weight is 511 g/mol. The van der Waals surface area contributed by atoms with Gasteiger partial charge < -0.3 is 4.74 Å². The molecule has 34 heavy (non-hydrogen) atoms. The van der Waals surface area contributed by atoms with E-state index in [0.717, 1.165) is 6.20 Å². The minimum atomic E-state index is -5.07. The largest absolute Gasteiger partial charge is 0.486 e. The van der Waals surface area contributed by atoms with Gasteiger partial charge in [0.1, 0.15) is 11.4 Å². The predicted octanol–water partition coefficient (Wildman–Crippen LogP) is 5.76. The second-order valence-electron chi connectivity index (χ2n) is 7.58. The number of aromatic nitrogens is 2. The monoisotopic (exact) mass is 511 g/mol. The molecule has 13 heteroatoms. The molecule has 3 rings (SSSR count). The number of hydrogen-bond donors (Lipinski definition) is 0. The molecule has 1 aliphatic rings. The maximum atomic E-state index is 14.4. The van der Waals surface area contributed by atoms with Gasteiger partial charge in [0.2, 0.25) is 12.2 Å². The lowest BCUT2D eigenvalue weighted by Gasteiger charge is -2.34. The van der Waals surface area contributed by atoms with Gasteiger partial charge in [-0.1, -0.05) is 6.92 Å². The van der Waals surface area contributed by atoms with Crippen LogP contribution in [0.2, 0.25) is 0 Å². The van der Waals surface area contributed by atoms with Gasteiger partial charge in [-0.2, -0.15) is 8.78 Å². The first-order valence-electron chi connectivity index (χ1n) is 10.1. The number of thioether (sulfide) groups is 1. The van der Waals surface area contributed by atoms with Gasteiger partial charge in [-0.15, -0.1) is 11.8 Å². The Bertz CT molecular complexity index is 1050. The molecule has 1 aliphatic heterocycles. The molecule has 0 N–H and O–H groups in total. The van der Waals surface area contributed by atoms with Crippen molar-refractivity contribution in [2.45, 2.75) is 56.2 Å². The highest BCUT2D eigenvalue weighted by atomic mass is 32.2. The number of carbonyl (C=O) groups excluding carboxylic acids is 1. The third-order valence-electron chi connectivity index (χ3n) is 4.80. The van der Waals surface area contributed by atoms with Crippen LogP contribution in [0.15, 0.2) is 29.4 Å². The minimum absolute atomic E-state index is 0.0127. The van der Waals surface area contributed by atoms with Gasteiger partial charge in [-0.05, 0) is 29.9 Å². The third-order valence-corrected chi connectivity index (χ3v) is 5.71. The molecule has 1 amide bonds. The van der Waals surface area contributed by atoms with Crippen molar-refractivity contribution in [3.63, 3.8) is 0 Å². The van der Waals surface area contributed by atoms with Crippen LogP contribution in [0.4, 0.5) is 36.4 Å². The number of nitrogens with zero attached hydrogens (tertiary/aromatic N) is 3. The van der Waals surface area contributed by atoms with Crippen molar-refractivity contribution in [1.82, 2.24) is 9.97 Å². The highest BCUT2D eigenvalue weighted by Gasteiger charge is 2.54. The topological polar surface area (TPSA) is 55.3 Å². The zero-order chi connectivity index (χ0) is 25.3. The number of amides is 1. The van der Waals surface area contributed by atoms with Crippen molar-refractivity contribution in [2.75, 3.05) is 17.3 Å². The van der Waals surface area contributed by atoms with Crippen molar-refractivity contribution < 1.29 is 40.3 Å². The second-order valence-corrected chi connectivity index (χ2v) is 8.89. The van der Waals surface area contributed by atoms with Crippen LogP contribution in [0.3, 0.4) is 0 Å². The van der Waals surface area contributed by atoms with Crippen LogP contribution in [0.25, 0.3) is 11.4 Å². The third kappa shape index (κ3) is 5.56. The summed E-state index contributed by atoms with van der Waals surface area (Å²) in [5, 5.41) is 0. The van der Waals surface area contributed by atoms with E-state index >= 15 is 0 Å². The highest BCUT2D eigenvalue weighted by molar-refractivity contribution is 7.99. The predicted molar refractivity (Wildman–Crippen MR) is 112 cm³/mol. The van der Waals surface area contributed by atoms with E-state index in [4.69, 9.17) is 4.74 Å². The van der Waals surface area contributed by atoms with Crippen LogP contribution in [0.1, 0.15) is 25.8 Å². The molecule has 0 aromatic carbocycles. The van der Waals surface area contributed by atoms with Crippen LogP contribution < -0.4 is 9.64 Å². The minimum Gasteiger partial charge on any atom is -0.486 e. The van der Waals surface area contributed by atoms with E-state index in [1.54, 1.807) is 0 Å². The molecule has 0 bridgehead atoms. The fourth-order valence-corrected chi connectivity index (χ4v) is 4.04. The molecule has 186 valence electrons. The number of hydrogen-bond acceptors (Lipinski definition) is 5. The summed E-state index contributed by atoms with van der Waals surface area (Å²) in [4.78, 5) is 21.0. The van der Waals surface area contributed by atoms with Gasteiger partial charge in [0.05, 0.1) is 23.8 Å². The molecule has 2 aromatic rings. The Morgan fingerprint density at radius 1 is 1.12 bits per heavy atom. The van der Waals surface area contributed by atoms with Gasteiger partial charge >= 0.3 is 12.3 Å². The highest BCUT2D eigenvalue weighted by Crippen LogP contribution is 2.39. The molecular weight excluding hydrogens is 491 g/mol. The maximum absolute atomic E-state index is 14.4. The lowest BCUT2D eigenvalue weighted by atomic mass is 10.0. The average Bonchev–Trinajstić information content (AvgIpc) is 2.76. The summed E-state index contributed by atoms with van der Waals surface area (Å²) in [7, 11) is 0. The lowest BCUT2D eigenvalue weighted by molar-refractivity contribution is -0.173. The van der Waals surface area contributed by atoms with E-state index in [0.29, 0.717) is 23.3 Å². The van der Waals surface area contributed by atoms with Crippen LogP contribution in [0.5, 0.6) is 5.75 Å². The summed E-state index contributed by atoms with van der Waals surface area (Å²) >= 11 is 1.32. The van der Waals surface area contributed by atoms with Crippen molar-refractivity contribution in [3.05, 3.63) is 30.1 Å². The SMILES string of the molecule is CCSc1cc(OCC(C)(F)F)cnc1-c1cc2c(cn1)N(C(F)C(F)(F)C(F)F)C(=O)CC2. The fraction of sp³-hybridized carbons (Fsp3) is 0.476. The summed E-state index contributed by atoms with van der Waals surface area (Å²) in [6, 6.07) is 2.91. The van der Waals surface area contributed by atoms with E-state index in [2.05, 4.69) is 9.97 Å². The van der Waals surface area contributed by atoms with Crippen LogP contribution in [-0.4, -0.2) is 52.8 Å². The standard InChI is InChI=1S/C21H20F7N3O2S/c1-3-34-15-7-12(33-10-20(2,25)26)8-30-17(15)13-6-11-4-5-16(32)31(14(11)9-29-13)19(24)21(27,28)18(22)23/h6-9,18-19H,3-5,10H2,1-2H3. The van der Waals surface area contributed by atoms with E-state index < -0.39 is 37.1 Å². The van der Waals surface area contributed by atoms with E-state index in [-0.39, 0.29) is 40.4 Å². The van der Waals surface area contributed by atoms with E-state index in [1.807, 2.05) is 6.92 Å². The van der Waals surface area contributed by atoms with Crippen molar-refractivity contribution in [3.8, 4) is 17.1 Å². The van der Waals surface area contributed by atoms with Crippen molar-refractivity contribution in [2.24, 2.45) is 0 Å². The Kier molecular flexibility index (Phi) is 7.63. The van der Waals surface area contributed by atoms with Gasteiger partial charge in [0.25, 0.3) is 5.92 Å². The first-order chi connectivity index (χ1) is 15.8.